The number of alkyl halides is 3. The van der Waals surface area contributed by atoms with Gasteiger partial charge in [-0.1, -0.05) is 0 Å². The number of nitrogens with zero attached hydrogens (tertiary/aromatic N) is 2. The lowest BCUT2D eigenvalue weighted by Gasteiger charge is -2.10. The van der Waals surface area contributed by atoms with E-state index in [4.69, 9.17) is 0 Å². The van der Waals surface area contributed by atoms with Crippen molar-refractivity contribution in [3.63, 3.8) is 0 Å². The standard InChI is InChI=1S/C13H8F3N3O2S2/c14-13(15,16)8-1-4-10(5-2-8)23(20,21)19-9-3-6-11-12(7-9)18-22-17-11/h1-7,19H. The minimum Gasteiger partial charge on any atom is -0.280 e. The van der Waals surface area contributed by atoms with E-state index in [2.05, 4.69) is 13.5 Å². The predicted molar refractivity (Wildman–Crippen MR) is 79.7 cm³/mol. The van der Waals surface area contributed by atoms with Crippen molar-refractivity contribution >= 4 is 38.5 Å². The van der Waals surface area contributed by atoms with Crippen LogP contribution in [0.5, 0.6) is 0 Å². The number of hydrogen-bond acceptors (Lipinski definition) is 5. The van der Waals surface area contributed by atoms with Crippen LogP contribution in [0.15, 0.2) is 47.4 Å². The van der Waals surface area contributed by atoms with Crippen LogP contribution in [-0.2, 0) is 16.2 Å². The summed E-state index contributed by atoms with van der Waals surface area (Å²) in [5.41, 5.74) is 0.506. The summed E-state index contributed by atoms with van der Waals surface area (Å²) >= 11 is 0.996. The van der Waals surface area contributed by atoms with E-state index < -0.39 is 21.8 Å². The first kappa shape index (κ1) is 15.7. The zero-order valence-electron chi connectivity index (χ0n) is 11.2. The van der Waals surface area contributed by atoms with Crippen molar-refractivity contribution in [1.82, 2.24) is 8.75 Å². The van der Waals surface area contributed by atoms with Crippen LogP contribution < -0.4 is 4.72 Å². The third kappa shape index (κ3) is 3.27. The number of aromatic nitrogens is 2. The first-order chi connectivity index (χ1) is 10.8. The van der Waals surface area contributed by atoms with Crippen LogP contribution in [0.2, 0.25) is 0 Å². The largest absolute Gasteiger partial charge is 0.416 e. The Kier molecular flexibility index (Phi) is 3.72. The van der Waals surface area contributed by atoms with Crippen molar-refractivity contribution in [2.45, 2.75) is 11.1 Å². The van der Waals surface area contributed by atoms with E-state index >= 15 is 0 Å². The van der Waals surface area contributed by atoms with Gasteiger partial charge >= 0.3 is 6.18 Å². The third-order valence-electron chi connectivity index (χ3n) is 3.00. The van der Waals surface area contributed by atoms with E-state index in [1.54, 1.807) is 6.07 Å². The number of hydrogen-bond donors (Lipinski definition) is 1. The summed E-state index contributed by atoms with van der Waals surface area (Å²) in [6, 6.07) is 7.88. The quantitative estimate of drug-likeness (QED) is 0.777. The van der Waals surface area contributed by atoms with Gasteiger partial charge in [-0.15, -0.1) is 0 Å². The molecule has 0 atom stereocenters. The molecule has 0 fully saturated rings. The van der Waals surface area contributed by atoms with Gasteiger partial charge in [-0.3, -0.25) is 4.72 Å². The molecule has 10 heteroatoms. The van der Waals surface area contributed by atoms with Crippen molar-refractivity contribution in [2.75, 3.05) is 4.72 Å². The van der Waals surface area contributed by atoms with Gasteiger partial charge in [0.2, 0.25) is 0 Å². The number of rotatable bonds is 3. The topological polar surface area (TPSA) is 72.0 Å². The second-order valence-corrected chi connectivity index (χ2v) is 6.81. The summed E-state index contributed by atoms with van der Waals surface area (Å²) in [5, 5.41) is 0. The number of nitrogens with one attached hydrogen (secondary N) is 1. The average Bonchev–Trinajstić information content (AvgIpc) is 2.93. The van der Waals surface area contributed by atoms with Gasteiger partial charge in [0.05, 0.1) is 27.9 Å². The summed E-state index contributed by atoms with van der Waals surface area (Å²) in [4.78, 5) is -0.262. The molecule has 0 unspecified atom stereocenters. The van der Waals surface area contributed by atoms with Crippen LogP contribution in [0.25, 0.3) is 11.0 Å². The molecule has 1 heterocycles. The van der Waals surface area contributed by atoms with E-state index in [0.29, 0.717) is 11.0 Å². The maximum absolute atomic E-state index is 12.5. The summed E-state index contributed by atoms with van der Waals surface area (Å²) in [6.07, 6.45) is -4.52. The highest BCUT2D eigenvalue weighted by Crippen LogP contribution is 2.30. The van der Waals surface area contributed by atoms with Crippen LogP contribution in [0.1, 0.15) is 5.56 Å². The molecule has 120 valence electrons. The zero-order valence-corrected chi connectivity index (χ0v) is 12.8. The molecule has 0 spiro atoms. The monoisotopic (exact) mass is 359 g/mol. The predicted octanol–water partition coefficient (Wildman–Crippen LogP) is 3.51. The van der Waals surface area contributed by atoms with Gasteiger partial charge in [-0.05, 0) is 42.5 Å². The van der Waals surface area contributed by atoms with Crippen LogP contribution in [0.4, 0.5) is 18.9 Å². The van der Waals surface area contributed by atoms with Gasteiger partial charge < -0.3 is 0 Å². The minimum absolute atomic E-state index is 0.255. The molecule has 0 bridgehead atoms. The lowest BCUT2D eigenvalue weighted by Crippen LogP contribution is -2.13. The van der Waals surface area contributed by atoms with Gasteiger partial charge in [0.1, 0.15) is 11.0 Å². The summed E-state index contributed by atoms with van der Waals surface area (Å²) in [6.45, 7) is 0. The lowest BCUT2D eigenvalue weighted by molar-refractivity contribution is -0.137. The number of halogens is 3. The molecule has 3 aromatic rings. The number of fused-ring (bicyclic) bond motifs is 1. The van der Waals surface area contributed by atoms with E-state index in [-0.39, 0.29) is 10.6 Å². The fourth-order valence-electron chi connectivity index (χ4n) is 1.88. The van der Waals surface area contributed by atoms with Crippen LogP contribution in [-0.4, -0.2) is 17.2 Å². The fraction of sp³-hybridized carbons (Fsp3) is 0.0769. The van der Waals surface area contributed by atoms with Gasteiger partial charge in [-0.25, -0.2) is 8.42 Å². The highest BCUT2D eigenvalue weighted by molar-refractivity contribution is 7.92. The molecule has 1 N–H and O–H groups in total. The zero-order chi connectivity index (χ0) is 16.7. The number of benzene rings is 2. The van der Waals surface area contributed by atoms with Gasteiger partial charge in [0.25, 0.3) is 10.0 Å². The summed E-state index contributed by atoms with van der Waals surface area (Å²) in [5.74, 6) is 0. The molecule has 2 aromatic carbocycles. The Hall–Kier alpha value is -2.20. The normalized spacial score (nSPS) is 12.5. The average molecular weight is 359 g/mol. The van der Waals surface area contributed by atoms with Gasteiger partial charge in [0.15, 0.2) is 0 Å². The Bertz CT molecular complexity index is 951. The maximum Gasteiger partial charge on any atom is 0.416 e. The van der Waals surface area contributed by atoms with Crippen molar-refractivity contribution in [3.8, 4) is 0 Å². The van der Waals surface area contributed by atoms with Crippen molar-refractivity contribution in [1.29, 1.82) is 0 Å². The summed E-state index contributed by atoms with van der Waals surface area (Å²) in [7, 11) is -3.99. The molecule has 3 rings (SSSR count). The molecule has 0 saturated carbocycles. The highest BCUT2D eigenvalue weighted by atomic mass is 32.2. The van der Waals surface area contributed by atoms with Gasteiger partial charge in [-0.2, -0.15) is 21.9 Å². The summed E-state index contributed by atoms with van der Waals surface area (Å²) < 4.78 is 72.2. The molecule has 0 aliphatic carbocycles. The Morgan fingerprint density at radius 1 is 0.957 bits per heavy atom. The molecular formula is C13H8F3N3O2S2. The number of anilines is 1. The molecule has 0 radical (unpaired) electrons. The van der Waals surface area contributed by atoms with Crippen LogP contribution in [0.3, 0.4) is 0 Å². The highest BCUT2D eigenvalue weighted by Gasteiger charge is 2.30. The van der Waals surface area contributed by atoms with Crippen LogP contribution >= 0.6 is 11.7 Å². The molecule has 5 nitrogen and oxygen atoms in total. The second kappa shape index (κ2) is 5.46. The Morgan fingerprint density at radius 3 is 2.26 bits per heavy atom. The molecule has 0 saturated heterocycles. The maximum atomic E-state index is 12.5. The first-order valence-electron chi connectivity index (χ1n) is 6.18. The van der Waals surface area contributed by atoms with E-state index in [9.17, 15) is 21.6 Å². The molecule has 0 aliphatic heterocycles. The van der Waals surface area contributed by atoms with E-state index in [0.717, 1.165) is 36.0 Å². The van der Waals surface area contributed by atoms with Crippen molar-refractivity contribution in [2.24, 2.45) is 0 Å². The Balaban J connectivity index is 1.88. The molecule has 1 aromatic heterocycles. The molecule has 23 heavy (non-hydrogen) atoms. The third-order valence-corrected chi connectivity index (χ3v) is 4.95. The van der Waals surface area contributed by atoms with Crippen molar-refractivity contribution < 1.29 is 21.6 Å². The lowest BCUT2D eigenvalue weighted by atomic mass is 10.2. The molecule has 0 aliphatic rings. The minimum atomic E-state index is -4.52. The Morgan fingerprint density at radius 2 is 1.61 bits per heavy atom. The van der Waals surface area contributed by atoms with Crippen LogP contribution in [0, 0.1) is 0 Å². The molecule has 0 amide bonds. The Labute approximate surface area is 133 Å². The molecular weight excluding hydrogens is 351 g/mol. The van der Waals surface area contributed by atoms with E-state index in [1.165, 1.54) is 12.1 Å². The SMILES string of the molecule is O=S(=O)(Nc1ccc2nsnc2c1)c1ccc(C(F)(F)F)cc1. The number of sulfonamides is 1. The smallest absolute Gasteiger partial charge is 0.280 e. The van der Waals surface area contributed by atoms with Gasteiger partial charge in [0, 0.05) is 0 Å². The fourth-order valence-corrected chi connectivity index (χ4v) is 3.45. The van der Waals surface area contributed by atoms with E-state index in [1.807, 2.05) is 0 Å². The first-order valence-corrected chi connectivity index (χ1v) is 8.39. The second-order valence-electron chi connectivity index (χ2n) is 4.60. The van der Waals surface area contributed by atoms with Crippen molar-refractivity contribution in [3.05, 3.63) is 48.0 Å².